The number of nitrogens with zero attached hydrogens (tertiary/aromatic N) is 1. The second-order valence-corrected chi connectivity index (χ2v) is 2.46. The molecule has 44 valence electrons. The van der Waals surface area contributed by atoms with Gasteiger partial charge < -0.3 is 0 Å². The van der Waals surface area contributed by atoms with E-state index in [2.05, 4.69) is 0 Å². The number of halogens is 1. The average molecular weight is 141 g/mol. The topological polar surface area (TPSA) is 29.3 Å². The van der Waals surface area contributed by atoms with Crippen molar-refractivity contribution in [2.75, 3.05) is 12.3 Å². The Morgan fingerprint density at radius 2 is 2.29 bits per heavy atom. The minimum Gasteiger partial charge on any atom is -0.259 e. The zero-order chi connectivity index (χ0) is 4.41. The van der Waals surface area contributed by atoms with Gasteiger partial charge in [-0.15, -0.1) is 12.4 Å². The van der Waals surface area contributed by atoms with Gasteiger partial charge in [-0.2, -0.15) is 4.41 Å². The van der Waals surface area contributed by atoms with Gasteiger partial charge in [0.2, 0.25) is 0 Å². The molecule has 0 unspecified atom stereocenters. The third-order valence-corrected chi connectivity index (χ3v) is 1.77. The Bertz CT molecular complexity index is 46.2. The van der Waals surface area contributed by atoms with Crippen LogP contribution in [0.1, 0.15) is 6.42 Å². The van der Waals surface area contributed by atoms with Gasteiger partial charge in [-0.1, -0.05) is 11.9 Å². The van der Waals surface area contributed by atoms with Crippen LogP contribution in [0, 0.1) is 0 Å². The second-order valence-electron chi connectivity index (χ2n) is 1.33. The summed E-state index contributed by atoms with van der Waals surface area (Å²) in [5, 5.41) is 0. The molecule has 0 amide bonds. The smallest absolute Gasteiger partial charge is 0.0250 e. The molecule has 1 fully saturated rings. The SMILES string of the molecule is Cl.NN1CCCS1. The van der Waals surface area contributed by atoms with E-state index in [1.807, 2.05) is 0 Å². The Balaban J connectivity index is 0.000000360. The monoisotopic (exact) mass is 140 g/mol. The molecular formula is C3H9ClN2S. The molecular weight excluding hydrogens is 132 g/mol. The van der Waals surface area contributed by atoms with Gasteiger partial charge in [0.05, 0.1) is 0 Å². The number of nitrogens with two attached hydrogens (primary N) is 1. The fraction of sp³-hybridized carbons (Fsp3) is 1.00. The maximum Gasteiger partial charge on any atom is 0.0250 e. The fourth-order valence-corrected chi connectivity index (χ4v) is 1.22. The molecule has 0 aromatic heterocycles. The minimum atomic E-state index is 0. The summed E-state index contributed by atoms with van der Waals surface area (Å²) in [7, 11) is 0. The Morgan fingerprint density at radius 1 is 1.57 bits per heavy atom. The molecule has 0 aromatic carbocycles. The van der Waals surface area contributed by atoms with Crippen molar-refractivity contribution >= 4 is 24.4 Å². The first-order valence-corrected chi connectivity index (χ1v) is 2.99. The van der Waals surface area contributed by atoms with Crippen molar-refractivity contribution in [2.24, 2.45) is 5.84 Å². The Morgan fingerprint density at radius 3 is 2.43 bits per heavy atom. The number of hydrogen-bond donors (Lipinski definition) is 1. The van der Waals surface area contributed by atoms with E-state index >= 15 is 0 Å². The molecule has 0 atom stereocenters. The third kappa shape index (κ3) is 2.39. The van der Waals surface area contributed by atoms with Gasteiger partial charge in [0.15, 0.2) is 0 Å². The lowest BCUT2D eigenvalue weighted by Crippen LogP contribution is -2.18. The molecule has 1 heterocycles. The maximum absolute atomic E-state index is 5.33. The predicted octanol–water partition coefficient (Wildman–Crippen LogP) is 0.636. The van der Waals surface area contributed by atoms with Crippen molar-refractivity contribution in [3.05, 3.63) is 0 Å². The summed E-state index contributed by atoms with van der Waals surface area (Å²) >= 11 is 1.71. The Hall–Kier alpha value is 0.560. The van der Waals surface area contributed by atoms with E-state index in [1.165, 1.54) is 12.2 Å². The van der Waals surface area contributed by atoms with Gasteiger partial charge in [-0.25, -0.2) is 0 Å². The van der Waals surface area contributed by atoms with Gasteiger partial charge in [-0.05, 0) is 6.42 Å². The highest BCUT2D eigenvalue weighted by atomic mass is 35.5. The molecule has 1 aliphatic heterocycles. The van der Waals surface area contributed by atoms with Crippen LogP contribution in [0.4, 0.5) is 0 Å². The second kappa shape index (κ2) is 3.55. The fourth-order valence-electron chi connectivity index (χ4n) is 0.467. The van der Waals surface area contributed by atoms with E-state index in [1.54, 1.807) is 16.4 Å². The van der Waals surface area contributed by atoms with Crippen LogP contribution < -0.4 is 5.84 Å². The van der Waals surface area contributed by atoms with Crippen LogP contribution in [0.15, 0.2) is 0 Å². The Labute approximate surface area is 53.9 Å². The van der Waals surface area contributed by atoms with Crippen molar-refractivity contribution in [3.8, 4) is 0 Å². The molecule has 0 spiro atoms. The molecule has 1 rings (SSSR count). The highest BCUT2D eigenvalue weighted by molar-refractivity contribution is 7.97. The zero-order valence-electron chi connectivity index (χ0n) is 3.96. The van der Waals surface area contributed by atoms with Crippen LogP contribution >= 0.6 is 24.4 Å². The van der Waals surface area contributed by atoms with Crippen molar-refractivity contribution in [1.29, 1.82) is 0 Å². The van der Waals surface area contributed by atoms with E-state index in [0.29, 0.717) is 0 Å². The molecule has 4 heteroatoms. The highest BCUT2D eigenvalue weighted by Crippen LogP contribution is 2.13. The molecule has 1 aliphatic rings. The van der Waals surface area contributed by atoms with E-state index in [9.17, 15) is 0 Å². The quantitative estimate of drug-likeness (QED) is 0.396. The summed E-state index contributed by atoms with van der Waals surface area (Å²) in [4.78, 5) is 0. The van der Waals surface area contributed by atoms with Crippen LogP contribution in [-0.4, -0.2) is 16.7 Å². The number of hydrogen-bond acceptors (Lipinski definition) is 3. The standard InChI is InChI=1S/C3H8N2S.ClH/c4-5-2-1-3-6-5;/h1-4H2;1H. The maximum atomic E-state index is 5.33. The number of rotatable bonds is 0. The third-order valence-electron chi connectivity index (χ3n) is 0.780. The molecule has 7 heavy (non-hydrogen) atoms. The van der Waals surface area contributed by atoms with Gasteiger partial charge >= 0.3 is 0 Å². The van der Waals surface area contributed by atoms with E-state index in [0.717, 1.165) is 6.54 Å². The molecule has 0 bridgehead atoms. The highest BCUT2D eigenvalue weighted by Gasteiger charge is 2.05. The van der Waals surface area contributed by atoms with Crippen LogP contribution in [0.25, 0.3) is 0 Å². The van der Waals surface area contributed by atoms with E-state index in [4.69, 9.17) is 5.84 Å². The molecule has 0 saturated carbocycles. The molecule has 2 N–H and O–H groups in total. The van der Waals surface area contributed by atoms with Crippen LogP contribution in [0.2, 0.25) is 0 Å². The molecule has 0 aromatic rings. The van der Waals surface area contributed by atoms with Gasteiger partial charge in [-0.3, -0.25) is 5.84 Å². The Kier molecular flexibility index (Phi) is 3.83. The molecule has 0 aliphatic carbocycles. The lowest BCUT2D eigenvalue weighted by molar-refractivity contribution is 0.526. The van der Waals surface area contributed by atoms with Crippen molar-refractivity contribution in [1.82, 2.24) is 4.41 Å². The number of hydrazine groups is 1. The largest absolute Gasteiger partial charge is 0.259 e. The summed E-state index contributed by atoms with van der Waals surface area (Å²) in [5.41, 5.74) is 0. The molecule has 2 nitrogen and oxygen atoms in total. The average Bonchev–Trinajstić information content (AvgIpc) is 1.86. The summed E-state index contributed by atoms with van der Waals surface area (Å²) in [6.45, 7) is 1.06. The predicted molar refractivity (Wildman–Crippen MR) is 35.2 cm³/mol. The van der Waals surface area contributed by atoms with E-state index in [-0.39, 0.29) is 12.4 Å². The van der Waals surface area contributed by atoms with Crippen LogP contribution in [0.3, 0.4) is 0 Å². The minimum absolute atomic E-state index is 0. The van der Waals surface area contributed by atoms with Gasteiger partial charge in [0, 0.05) is 12.3 Å². The summed E-state index contributed by atoms with van der Waals surface area (Å²) in [6, 6.07) is 0. The summed E-state index contributed by atoms with van der Waals surface area (Å²) in [6.07, 6.45) is 1.25. The lowest BCUT2D eigenvalue weighted by Gasteiger charge is -1.99. The van der Waals surface area contributed by atoms with Gasteiger partial charge in [0.1, 0.15) is 0 Å². The molecule has 0 radical (unpaired) electrons. The first-order valence-electron chi connectivity index (χ1n) is 2.05. The molecule has 1 saturated heterocycles. The normalized spacial score (nSPS) is 21.9. The van der Waals surface area contributed by atoms with E-state index < -0.39 is 0 Å². The van der Waals surface area contributed by atoms with Crippen LogP contribution in [0.5, 0.6) is 0 Å². The van der Waals surface area contributed by atoms with Gasteiger partial charge in [0.25, 0.3) is 0 Å². The van der Waals surface area contributed by atoms with Crippen molar-refractivity contribution in [3.63, 3.8) is 0 Å². The van der Waals surface area contributed by atoms with Crippen molar-refractivity contribution < 1.29 is 0 Å². The lowest BCUT2D eigenvalue weighted by atomic mass is 10.5. The summed E-state index contributed by atoms with van der Waals surface area (Å²) < 4.78 is 1.78. The zero-order valence-corrected chi connectivity index (χ0v) is 5.60. The van der Waals surface area contributed by atoms with Crippen molar-refractivity contribution in [2.45, 2.75) is 6.42 Å². The summed E-state index contributed by atoms with van der Waals surface area (Å²) in [5.74, 6) is 6.54. The van der Waals surface area contributed by atoms with Crippen LogP contribution in [-0.2, 0) is 0 Å². The first kappa shape index (κ1) is 7.56. The first-order chi connectivity index (χ1) is 2.89.